The second-order valence-corrected chi connectivity index (χ2v) is 5.68. The lowest BCUT2D eigenvalue weighted by atomic mass is 9.99. The van der Waals surface area contributed by atoms with Crippen molar-refractivity contribution in [1.82, 2.24) is 19.7 Å². The van der Waals surface area contributed by atoms with Gasteiger partial charge in [-0.15, -0.1) is 0 Å². The van der Waals surface area contributed by atoms with E-state index in [4.69, 9.17) is 4.74 Å². The number of methoxy groups -OCH3 is 1. The summed E-state index contributed by atoms with van der Waals surface area (Å²) < 4.78 is 7.36. The largest absolute Gasteiger partial charge is 0.382 e. The Bertz CT molecular complexity index is 655. The number of rotatable bonds is 5. The molecule has 6 heteroatoms. The van der Waals surface area contributed by atoms with E-state index in [1.54, 1.807) is 13.3 Å². The fourth-order valence-electron chi connectivity index (χ4n) is 3.19. The van der Waals surface area contributed by atoms with E-state index in [0.717, 1.165) is 24.4 Å². The molecule has 0 radical (unpaired) electrons. The molecule has 0 saturated carbocycles. The average Bonchev–Trinajstić information content (AvgIpc) is 2.99. The van der Waals surface area contributed by atoms with E-state index < -0.39 is 0 Å². The van der Waals surface area contributed by atoms with E-state index in [0.29, 0.717) is 19.6 Å². The first-order valence-electron chi connectivity index (χ1n) is 7.97. The number of nitrogens with zero attached hydrogens (tertiary/aromatic N) is 4. The molecule has 0 fully saturated rings. The lowest BCUT2D eigenvalue weighted by Crippen LogP contribution is -2.43. The van der Waals surface area contributed by atoms with Gasteiger partial charge in [0.1, 0.15) is 0 Å². The van der Waals surface area contributed by atoms with Crippen LogP contribution in [0.4, 0.5) is 0 Å². The minimum absolute atomic E-state index is 0.0811. The molecule has 122 valence electrons. The molecule has 3 rings (SSSR count). The number of hydrogen-bond donors (Lipinski definition) is 0. The highest BCUT2D eigenvalue weighted by Crippen LogP contribution is 2.30. The molecule has 0 aliphatic carbocycles. The van der Waals surface area contributed by atoms with Gasteiger partial charge in [-0.3, -0.25) is 14.5 Å². The second-order valence-electron chi connectivity index (χ2n) is 5.68. The normalized spacial score (nSPS) is 17.1. The van der Waals surface area contributed by atoms with Crippen LogP contribution in [0, 0.1) is 0 Å². The van der Waals surface area contributed by atoms with Crippen molar-refractivity contribution in [2.75, 3.05) is 20.3 Å². The smallest absolute Gasteiger partial charge is 0.229 e. The summed E-state index contributed by atoms with van der Waals surface area (Å²) >= 11 is 0. The third kappa shape index (κ3) is 3.12. The Labute approximate surface area is 136 Å². The molecule has 1 amide bonds. The fourth-order valence-corrected chi connectivity index (χ4v) is 3.19. The van der Waals surface area contributed by atoms with Crippen molar-refractivity contribution in [2.45, 2.75) is 32.4 Å². The van der Waals surface area contributed by atoms with Crippen LogP contribution in [0.5, 0.6) is 0 Å². The fraction of sp³-hybridized carbons (Fsp3) is 0.471. The highest BCUT2D eigenvalue weighted by Gasteiger charge is 2.33. The Kier molecular flexibility index (Phi) is 4.71. The van der Waals surface area contributed by atoms with Gasteiger partial charge >= 0.3 is 0 Å². The summed E-state index contributed by atoms with van der Waals surface area (Å²) in [6.45, 7) is 4.03. The minimum atomic E-state index is -0.0811. The third-order valence-corrected chi connectivity index (χ3v) is 4.28. The monoisotopic (exact) mass is 314 g/mol. The quantitative estimate of drug-likeness (QED) is 0.841. The van der Waals surface area contributed by atoms with E-state index in [9.17, 15) is 4.79 Å². The molecule has 2 aromatic rings. The lowest BCUT2D eigenvalue weighted by molar-refractivity contribution is -0.134. The van der Waals surface area contributed by atoms with Crippen LogP contribution in [0.2, 0.25) is 0 Å². The van der Waals surface area contributed by atoms with Gasteiger partial charge in [-0.2, -0.15) is 5.10 Å². The van der Waals surface area contributed by atoms with Crippen molar-refractivity contribution < 1.29 is 9.53 Å². The zero-order chi connectivity index (χ0) is 16.2. The summed E-state index contributed by atoms with van der Waals surface area (Å²) in [5.41, 5.74) is 3.12. The predicted octanol–water partition coefficient (Wildman–Crippen LogP) is 1.61. The molecule has 1 unspecified atom stereocenters. The maximum atomic E-state index is 12.8. The highest BCUT2D eigenvalue weighted by molar-refractivity contribution is 5.79. The van der Waals surface area contributed by atoms with E-state index in [1.165, 1.54) is 5.56 Å². The van der Waals surface area contributed by atoms with Crippen LogP contribution in [0.15, 0.2) is 30.6 Å². The van der Waals surface area contributed by atoms with Gasteiger partial charge in [0.05, 0.1) is 31.0 Å². The zero-order valence-corrected chi connectivity index (χ0v) is 13.6. The van der Waals surface area contributed by atoms with Crippen LogP contribution in [0.25, 0.3) is 0 Å². The Balaban J connectivity index is 1.85. The SMILES string of the molecule is CCn1ncc2c1C(COC)N(C(=O)Cc1ccccn1)CC2. The van der Waals surface area contributed by atoms with Crippen LogP contribution in [0.1, 0.15) is 29.9 Å². The number of aromatic nitrogens is 3. The summed E-state index contributed by atoms with van der Waals surface area (Å²) in [5, 5.41) is 4.44. The molecular formula is C17H22N4O2. The molecule has 1 aliphatic rings. The van der Waals surface area contributed by atoms with Crippen LogP contribution in [-0.2, 0) is 28.9 Å². The third-order valence-electron chi connectivity index (χ3n) is 4.28. The summed E-state index contributed by atoms with van der Waals surface area (Å²) in [6.07, 6.45) is 4.79. The van der Waals surface area contributed by atoms with Crippen LogP contribution in [0.3, 0.4) is 0 Å². The molecule has 2 aromatic heterocycles. The molecule has 23 heavy (non-hydrogen) atoms. The van der Waals surface area contributed by atoms with Crippen LogP contribution < -0.4 is 0 Å². The van der Waals surface area contributed by atoms with Gasteiger partial charge in [0.15, 0.2) is 0 Å². The molecule has 3 heterocycles. The van der Waals surface area contributed by atoms with Crippen molar-refractivity contribution in [3.8, 4) is 0 Å². The predicted molar refractivity (Wildman–Crippen MR) is 85.9 cm³/mol. The number of carbonyl (C=O) groups excluding carboxylic acids is 1. The van der Waals surface area contributed by atoms with Gasteiger partial charge in [-0.25, -0.2) is 0 Å². The maximum absolute atomic E-state index is 12.8. The van der Waals surface area contributed by atoms with Gasteiger partial charge in [0.2, 0.25) is 5.91 Å². The van der Waals surface area contributed by atoms with Gasteiger partial charge in [-0.05, 0) is 31.0 Å². The van der Waals surface area contributed by atoms with E-state index >= 15 is 0 Å². The number of pyridine rings is 1. The van der Waals surface area contributed by atoms with Gasteiger partial charge in [0.25, 0.3) is 0 Å². The Morgan fingerprint density at radius 3 is 3.00 bits per heavy atom. The van der Waals surface area contributed by atoms with Gasteiger partial charge in [-0.1, -0.05) is 6.07 Å². The molecule has 0 saturated heterocycles. The topological polar surface area (TPSA) is 60.2 Å². The highest BCUT2D eigenvalue weighted by atomic mass is 16.5. The van der Waals surface area contributed by atoms with Crippen molar-refractivity contribution in [2.24, 2.45) is 0 Å². The number of hydrogen-bond acceptors (Lipinski definition) is 4. The van der Waals surface area contributed by atoms with Crippen molar-refractivity contribution >= 4 is 5.91 Å². The summed E-state index contributed by atoms with van der Waals surface area (Å²) in [4.78, 5) is 19.0. The second kappa shape index (κ2) is 6.91. The number of ether oxygens (including phenoxy) is 1. The molecule has 0 bridgehead atoms. The molecular weight excluding hydrogens is 292 g/mol. The Morgan fingerprint density at radius 2 is 2.30 bits per heavy atom. The van der Waals surface area contributed by atoms with E-state index in [2.05, 4.69) is 17.0 Å². The van der Waals surface area contributed by atoms with E-state index in [-0.39, 0.29) is 11.9 Å². The zero-order valence-electron chi connectivity index (χ0n) is 13.6. The standard InChI is InChI=1S/C17H22N4O2/c1-3-21-17-13(11-19-21)7-9-20(15(17)12-23-2)16(22)10-14-6-4-5-8-18-14/h4-6,8,11,15H,3,7,9-10,12H2,1-2H3. The molecule has 6 nitrogen and oxygen atoms in total. The number of fused-ring (bicyclic) bond motifs is 1. The number of aryl methyl sites for hydroxylation is 1. The Morgan fingerprint density at radius 1 is 1.43 bits per heavy atom. The summed E-state index contributed by atoms with van der Waals surface area (Å²) in [5.74, 6) is 0.0836. The van der Waals surface area contributed by atoms with Crippen molar-refractivity contribution in [3.05, 3.63) is 47.5 Å². The first-order valence-corrected chi connectivity index (χ1v) is 7.97. The lowest BCUT2D eigenvalue weighted by Gasteiger charge is -2.36. The summed E-state index contributed by atoms with van der Waals surface area (Å²) in [6, 6.07) is 5.56. The van der Waals surface area contributed by atoms with Crippen molar-refractivity contribution in [3.63, 3.8) is 0 Å². The molecule has 0 aromatic carbocycles. The van der Waals surface area contributed by atoms with Crippen molar-refractivity contribution in [1.29, 1.82) is 0 Å². The van der Waals surface area contributed by atoms with Crippen LogP contribution in [-0.4, -0.2) is 45.8 Å². The number of amides is 1. The molecule has 1 aliphatic heterocycles. The average molecular weight is 314 g/mol. The van der Waals surface area contributed by atoms with Crippen LogP contribution >= 0.6 is 0 Å². The minimum Gasteiger partial charge on any atom is -0.382 e. The molecule has 1 atom stereocenters. The van der Waals surface area contributed by atoms with Gasteiger partial charge < -0.3 is 9.64 Å². The first-order chi connectivity index (χ1) is 11.2. The summed E-state index contributed by atoms with van der Waals surface area (Å²) in [7, 11) is 1.67. The molecule has 0 spiro atoms. The Hall–Kier alpha value is -2.21. The van der Waals surface area contributed by atoms with Gasteiger partial charge in [0, 0.05) is 32.1 Å². The molecule has 0 N–H and O–H groups in total. The van der Waals surface area contributed by atoms with E-state index in [1.807, 2.05) is 34.0 Å². The first kappa shape index (κ1) is 15.7. The maximum Gasteiger partial charge on any atom is 0.229 e. The number of carbonyl (C=O) groups is 1.